The average Bonchev–Trinajstić information content (AvgIpc) is 3.15. The van der Waals surface area contributed by atoms with E-state index in [1.807, 2.05) is 4.40 Å². The van der Waals surface area contributed by atoms with Gasteiger partial charge in [-0.2, -0.15) is 0 Å². The summed E-state index contributed by atoms with van der Waals surface area (Å²) in [4.78, 5) is 33.9. The van der Waals surface area contributed by atoms with Crippen LogP contribution in [0.25, 0.3) is 11.3 Å². The molecule has 4 aromatic heterocycles. The SMILES string of the molecule is O=C(O)N1CCc2nc3cc(-n4ccc(OCc5ccc(F)cn5)cc4=O)ccn3c2C1. The molecule has 0 radical (unpaired) electrons. The standard InChI is InChI=1S/C22H18FN5O4/c23-14-1-2-15(24-11-14)13-32-17-4-8-27(21(29)10-17)16-3-7-28-19-12-26(22(30)31)6-5-18(19)25-20(28)9-16/h1-4,7-11H,5-6,12-13H2,(H,30,31). The van der Waals surface area contributed by atoms with E-state index >= 15 is 0 Å². The maximum atomic E-state index is 12.9. The molecular weight excluding hydrogens is 417 g/mol. The number of carboxylic acid groups (broad SMARTS) is 1. The highest BCUT2D eigenvalue weighted by Gasteiger charge is 2.24. The van der Waals surface area contributed by atoms with E-state index in [1.165, 1.54) is 27.7 Å². The summed E-state index contributed by atoms with van der Waals surface area (Å²) in [5.74, 6) is -0.0469. The smallest absolute Gasteiger partial charge is 0.407 e. The van der Waals surface area contributed by atoms with E-state index in [4.69, 9.17) is 4.74 Å². The second kappa shape index (κ2) is 7.80. The number of aromatic nitrogens is 4. The zero-order valence-electron chi connectivity index (χ0n) is 16.8. The molecule has 5 rings (SSSR count). The second-order valence-electron chi connectivity index (χ2n) is 7.40. The quantitative estimate of drug-likeness (QED) is 0.529. The van der Waals surface area contributed by atoms with Crippen LogP contribution in [0.15, 0.2) is 59.8 Å². The number of pyridine rings is 3. The molecule has 0 bridgehead atoms. The normalized spacial score (nSPS) is 13.2. The molecular formula is C22H18FN5O4. The molecule has 1 aliphatic heterocycles. The average molecular weight is 435 g/mol. The van der Waals surface area contributed by atoms with Crippen LogP contribution in [0.3, 0.4) is 0 Å². The third kappa shape index (κ3) is 3.66. The Hall–Kier alpha value is -4.21. The maximum Gasteiger partial charge on any atom is 0.407 e. The lowest BCUT2D eigenvalue weighted by molar-refractivity contribution is 0.139. The molecule has 1 aliphatic rings. The van der Waals surface area contributed by atoms with E-state index in [1.54, 1.807) is 30.6 Å². The topological polar surface area (TPSA) is 102 Å². The van der Waals surface area contributed by atoms with E-state index in [0.29, 0.717) is 35.7 Å². The summed E-state index contributed by atoms with van der Waals surface area (Å²) in [6.07, 6.45) is 4.11. The highest BCUT2D eigenvalue weighted by molar-refractivity contribution is 5.65. The first-order valence-electron chi connectivity index (χ1n) is 9.92. The molecule has 32 heavy (non-hydrogen) atoms. The minimum Gasteiger partial charge on any atom is -0.487 e. The number of amides is 1. The van der Waals surface area contributed by atoms with Crippen LogP contribution < -0.4 is 10.3 Å². The molecule has 0 aromatic carbocycles. The van der Waals surface area contributed by atoms with Crippen molar-refractivity contribution in [3.63, 3.8) is 0 Å². The van der Waals surface area contributed by atoms with Crippen LogP contribution in [-0.4, -0.2) is 41.6 Å². The Kier molecular flexibility index (Phi) is 4.81. The first-order chi connectivity index (χ1) is 15.5. The third-order valence-electron chi connectivity index (χ3n) is 5.37. The van der Waals surface area contributed by atoms with Crippen molar-refractivity contribution in [2.75, 3.05) is 6.54 Å². The molecule has 1 amide bonds. The van der Waals surface area contributed by atoms with Gasteiger partial charge >= 0.3 is 6.09 Å². The highest BCUT2D eigenvalue weighted by Crippen LogP contribution is 2.22. The van der Waals surface area contributed by atoms with Crippen molar-refractivity contribution in [1.82, 2.24) is 23.8 Å². The second-order valence-corrected chi connectivity index (χ2v) is 7.40. The molecule has 4 aromatic rings. The minimum atomic E-state index is -0.953. The third-order valence-corrected chi connectivity index (χ3v) is 5.37. The van der Waals surface area contributed by atoms with Crippen molar-refractivity contribution in [3.8, 4) is 11.4 Å². The van der Waals surface area contributed by atoms with E-state index < -0.39 is 11.9 Å². The summed E-state index contributed by atoms with van der Waals surface area (Å²) < 4.78 is 21.9. The molecule has 1 N–H and O–H groups in total. The van der Waals surface area contributed by atoms with Gasteiger partial charge in [0.15, 0.2) is 0 Å². The van der Waals surface area contributed by atoms with Crippen molar-refractivity contribution in [3.05, 3.63) is 88.2 Å². The first-order valence-corrected chi connectivity index (χ1v) is 9.92. The summed E-state index contributed by atoms with van der Waals surface area (Å²) in [6, 6.07) is 9.41. The number of carbonyl (C=O) groups is 1. The zero-order valence-corrected chi connectivity index (χ0v) is 16.8. The number of imidazole rings is 1. The Balaban J connectivity index is 1.38. The molecule has 10 heteroatoms. The number of ether oxygens (including phenoxy) is 1. The number of hydrogen-bond donors (Lipinski definition) is 1. The number of halogens is 1. The molecule has 0 saturated carbocycles. The van der Waals surface area contributed by atoms with Gasteiger partial charge in [0.05, 0.1) is 35.5 Å². The van der Waals surface area contributed by atoms with Crippen LogP contribution in [-0.2, 0) is 19.6 Å². The Morgan fingerprint density at radius 3 is 2.81 bits per heavy atom. The summed E-state index contributed by atoms with van der Waals surface area (Å²) in [5, 5.41) is 9.26. The van der Waals surface area contributed by atoms with Crippen LogP contribution in [0.1, 0.15) is 17.1 Å². The van der Waals surface area contributed by atoms with Crippen LogP contribution in [0, 0.1) is 5.82 Å². The van der Waals surface area contributed by atoms with Crippen molar-refractivity contribution in [1.29, 1.82) is 0 Å². The predicted molar refractivity (Wildman–Crippen MR) is 111 cm³/mol. The van der Waals surface area contributed by atoms with Gasteiger partial charge in [0.25, 0.3) is 5.56 Å². The molecule has 0 unspecified atom stereocenters. The van der Waals surface area contributed by atoms with Gasteiger partial charge in [-0.05, 0) is 24.3 Å². The van der Waals surface area contributed by atoms with E-state index in [2.05, 4.69) is 9.97 Å². The van der Waals surface area contributed by atoms with Gasteiger partial charge in [0.1, 0.15) is 23.8 Å². The fourth-order valence-electron chi connectivity index (χ4n) is 3.73. The van der Waals surface area contributed by atoms with Crippen LogP contribution in [0.5, 0.6) is 5.75 Å². The van der Waals surface area contributed by atoms with E-state index in [0.717, 1.165) is 17.6 Å². The molecule has 162 valence electrons. The van der Waals surface area contributed by atoms with Gasteiger partial charge < -0.3 is 19.1 Å². The van der Waals surface area contributed by atoms with Crippen LogP contribution in [0.2, 0.25) is 0 Å². The molecule has 0 aliphatic carbocycles. The largest absolute Gasteiger partial charge is 0.487 e. The summed E-state index contributed by atoms with van der Waals surface area (Å²) in [7, 11) is 0. The van der Waals surface area contributed by atoms with Gasteiger partial charge in [-0.15, -0.1) is 0 Å². The number of rotatable bonds is 4. The van der Waals surface area contributed by atoms with Gasteiger partial charge in [0.2, 0.25) is 0 Å². The van der Waals surface area contributed by atoms with Crippen LogP contribution in [0.4, 0.5) is 9.18 Å². The first kappa shape index (κ1) is 19.7. The Bertz CT molecular complexity index is 1380. The number of hydrogen-bond acceptors (Lipinski definition) is 5. The number of fused-ring (bicyclic) bond motifs is 3. The van der Waals surface area contributed by atoms with Gasteiger partial charge in [-0.25, -0.2) is 14.2 Å². The summed E-state index contributed by atoms with van der Waals surface area (Å²) in [6.45, 7) is 0.802. The number of nitrogens with zero attached hydrogens (tertiary/aromatic N) is 5. The summed E-state index contributed by atoms with van der Waals surface area (Å²) >= 11 is 0. The monoisotopic (exact) mass is 435 g/mol. The molecule has 9 nitrogen and oxygen atoms in total. The van der Waals surface area contributed by atoms with E-state index in [-0.39, 0.29) is 18.7 Å². The maximum absolute atomic E-state index is 12.9. The molecule has 0 saturated heterocycles. The Labute approximate surface area is 181 Å². The zero-order chi connectivity index (χ0) is 22.2. The Morgan fingerprint density at radius 2 is 2.06 bits per heavy atom. The van der Waals surface area contributed by atoms with Gasteiger partial charge in [-0.1, -0.05) is 0 Å². The summed E-state index contributed by atoms with van der Waals surface area (Å²) in [5.41, 5.74) is 3.25. The van der Waals surface area contributed by atoms with Gasteiger partial charge in [-0.3, -0.25) is 14.3 Å². The van der Waals surface area contributed by atoms with Crippen LogP contribution >= 0.6 is 0 Å². The lowest BCUT2D eigenvalue weighted by atomic mass is 10.1. The predicted octanol–water partition coefficient (Wildman–Crippen LogP) is 2.63. The molecule has 0 atom stereocenters. The molecule has 0 fully saturated rings. The fraction of sp³-hybridized carbons (Fsp3) is 0.182. The fourth-order valence-corrected chi connectivity index (χ4v) is 3.73. The highest BCUT2D eigenvalue weighted by atomic mass is 19.1. The van der Waals surface area contributed by atoms with Crippen molar-refractivity contribution in [2.24, 2.45) is 0 Å². The lowest BCUT2D eigenvalue weighted by Crippen LogP contribution is -2.35. The Morgan fingerprint density at radius 1 is 1.19 bits per heavy atom. The molecule has 5 heterocycles. The van der Waals surface area contributed by atoms with E-state index in [9.17, 15) is 19.1 Å². The van der Waals surface area contributed by atoms with Crippen molar-refractivity contribution in [2.45, 2.75) is 19.6 Å². The van der Waals surface area contributed by atoms with Gasteiger partial charge in [0, 0.05) is 37.5 Å². The lowest BCUT2D eigenvalue weighted by Gasteiger charge is -2.23. The minimum absolute atomic E-state index is 0.114. The van der Waals surface area contributed by atoms with Crippen molar-refractivity contribution >= 4 is 11.7 Å². The molecule has 0 spiro atoms. The van der Waals surface area contributed by atoms with Crippen molar-refractivity contribution < 1.29 is 19.0 Å².